The molecular weight excluding hydrogens is 292 g/mol. The highest BCUT2D eigenvalue weighted by molar-refractivity contribution is 6.28. The Hall–Kier alpha value is -2.08. The van der Waals surface area contributed by atoms with Crippen molar-refractivity contribution in [2.24, 2.45) is 0 Å². The van der Waals surface area contributed by atoms with E-state index < -0.39 is 0 Å². The topological polar surface area (TPSA) is 69.2 Å². The summed E-state index contributed by atoms with van der Waals surface area (Å²) in [4.78, 5) is 12.2. The molecule has 0 amide bonds. The van der Waals surface area contributed by atoms with Gasteiger partial charge in [0.1, 0.15) is 12.4 Å². The Bertz CT molecular complexity index is 651. The van der Waals surface area contributed by atoms with Gasteiger partial charge in [0.15, 0.2) is 0 Å². The quantitative estimate of drug-likeness (QED) is 0.936. The van der Waals surface area contributed by atoms with Crippen LogP contribution in [-0.4, -0.2) is 27.7 Å². The summed E-state index contributed by atoms with van der Waals surface area (Å²) in [5.41, 5.74) is 1.07. The van der Waals surface area contributed by atoms with Crippen molar-refractivity contribution in [2.75, 3.05) is 11.9 Å². The Labute approximate surface area is 127 Å². The molecule has 1 aliphatic rings. The standard InChI is InChI=1S/C14H15ClN4O2/c1-8(2)21-14-18-12(15)17-13(19-14)16-10-7-20-11-6-4-3-5-9(10)11/h3-6,8,10H,7H2,1-2H3,(H,16,17,18,19). The van der Waals surface area contributed by atoms with Gasteiger partial charge in [0, 0.05) is 5.56 Å². The number of nitrogens with one attached hydrogen (secondary N) is 1. The number of ether oxygens (including phenoxy) is 2. The molecule has 0 saturated heterocycles. The number of aromatic nitrogens is 3. The third kappa shape index (κ3) is 3.16. The van der Waals surface area contributed by atoms with Gasteiger partial charge in [0.05, 0.1) is 12.1 Å². The van der Waals surface area contributed by atoms with Gasteiger partial charge in [-0.1, -0.05) is 18.2 Å². The molecule has 2 aromatic rings. The highest BCUT2D eigenvalue weighted by atomic mass is 35.5. The van der Waals surface area contributed by atoms with Crippen molar-refractivity contribution in [3.05, 3.63) is 35.1 Å². The van der Waals surface area contributed by atoms with Gasteiger partial charge in [-0.3, -0.25) is 0 Å². The lowest BCUT2D eigenvalue weighted by Gasteiger charge is -2.13. The predicted octanol–water partition coefficient (Wildman–Crippen LogP) is 2.86. The molecule has 1 aliphatic heterocycles. The number of halogens is 1. The van der Waals surface area contributed by atoms with E-state index in [4.69, 9.17) is 21.1 Å². The maximum atomic E-state index is 5.91. The number of benzene rings is 1. The minimum atomic E-state index is -0.0353. The van der Waals surface area contributed by atoms with Gasteiger partial charge >= 0.3 is 6.01 Å². The van der Waals surface area contributed by atoms with E-state index in [-0.39, 0.29) is 23.4 Å². The van der Waals surface area contributed by atoms with Gasteiger partial charge in [0.25, 0.3) is 0 Å². The fraction of sp³-hybridized carbons (Fsp3) is 0.357. The van der Waals surface area contributed by atoms with E-state index in [2.05, 4.69) is 20.3 Å². The molecule has 2 heterocycles. The third-order valence-electron chi connectivity index (χ3n) is 2.93. The lowest BCUT2D eigenvalue weighted by Crippen LogP contribution is -2.16. The van der Waals surface area contributed by atoms with E-state index in [1.165, 1.54) is 0 Å². The fourth-order valence-corrected chi connectivity index (χ4v) is 2.25. The van der Waals surface area contributed by atoms with E-state index in [0.717, 1.165) is 11.3 Å². The van der Waals surface area contributed by atoms with Gasteiger partial charge in [0.2, 0.25) is 11.2 Å². The predicted molar refractivity (Wildman–Crippen MR) is 78.9 cm³/mol. The summed E-state index contributed by atoms with van der Waals surface area (Å²) < 4.78 is 11.1. The van der Waals surface area contributed by atoms with E-state index in [1.807, 2.05) is 38.1 Å². The van der Waals surface area contributed by atoms with Crippen LogP contribution in [0.5, 0.6) is 11.8 Å². The van der Waals surface area contributed by atoms with Crippen LogP contribution in [0, 0.1) is 0 Å². The van der Waals surface area contributed by atoms with Crippen LogP contribution in [0.4, 0.5) is 5.95 Å². The second kappa shape index (κ2) is 5.73. The highest BCUT2D eigenvalue weighted by Crippen LogP contribution is 2.33. The molecule has 0 saturated carbocycles. The number of hydrogen-bond acceptors (Lipinski definition) is 6. The van der Waals surface area contributed by atoms with Crippen molar-refractivity contribution in [1.82, 2.24) is 15.0 Å². The van der Waals surface area contributed by atoms with Crippen molar-refractivity contribution in [3.63, 3.8) is 0 Å². The molecule has 0 radical (unpaired) electrons. The molecule has 1 unspecified atom stereocenters. The number of nitrogens with zero attached hydrogens (tertiary/aromatic N) is 3. The molecule has 1 N–H and O–H groups in total. The summed E-state index contributed by atoms with van der Waals surface area (Å²) in [5.74, 6) is 1.24. The minimum Gasteiger partial charge on any atom is -0.491 e. The summed E-state index contributed by atoms with van der Waals surface area (Å²) in [6, 6.07) is 8.04. The zero-order valence-corrected chi connectivity index (χ0v) is 12.5. The first-order chi connectivity index (χ1) is 10.1. The number of anilines is 1. The Balaban J connectivity index is 1.81. The Morgan fingerprint density at radius 1 is 1.29 bits per heavy atom. The maximum Gasteiger partial charge on any atom is 0.322 e. The number of hydrogen-bond donors (Lipinski definition) is 1. The zero-order chi connectivity index (χ0) is 14.8. The average molecular weight is 307 g/mol. The monoisotopic (exact) mass is 306 g/mol. The summed E-state index contributed by atoms with van der Waals surface area (Å²) in [6.07, 6.45) is -0.0353. The van der Waals surface area contributed by atoms with Gasteiger partial charge in [-0.05, 0) is 31.5 Å². The Kier molecular flexibility index (Phi) is 3.79. The molecule has 1 aromatic carbocycles. The van der Waals surface area contributed by atoms with Crippen LogP contribution < -0.4 is 14.8 Å². The van der Waals surface area contributed by atoms with Crippen molar-refractivity contribution in [1.29, 1.82) is 0 Å². The second-order valence-corrected chi connectivity index (χ2v) is 5.26. The van der Waals surface area contributed by atoms with E-state index in [1.54, 1.807) is 0 Å². The van der Waals surface area contributed by atoms with Crippen molar-refractivity contribution in [3.8, 4) is 11.8 Å². The Morgan fingerprint density at radius 2 is 2.10 bits per heavy atom. The summed E-state index contributed by atoms with van der Waals surface area (Å²) >= 11 is 5.91. The molecule has 0 fully saturated rings. The molecular formula is C14H15ClN4O2. The van der Waals surface area contributed by atoms with E-state index in [9.17, 15) is 0 Å². The minimum absolute atomic E-state index is 0.0217. The zero-order valence-electron chi connectivity index (χ0n) is 11.7. The van der Waals surface area contributed by atoms with Gasteiger partial charge in [-0.25, -0.2) is 0 Å². The van der Waals surface area contributed by atoms with Crippen LogP contribution in [0.25, 0.3) is 0 Å². The number of rotatable bonds is 4. The second-order valence-electron chi connectivity index (χ2n) is 4.92. The van der Waals surface area contributed by atoms with E-state index >= 15 is 0 Å². The molecule has 21 heavy (non-hydrogen) atoms. The van der Waals surface area contributed by atoms with Crippen LogP contribution >= 0.6 is 11.6 Å². The van der Waals surface area contributed by atoms with Crippen LogP contribution in [0.1, 0.15) is 25.5 Å². The van der Waals surface area contributed by atoms with Crippen LogP contribution in [0.3, 0.4) is 0 Å². The first-order valence-corrected chi connectivity index (χ1v) is 7.06. The Morgan fingerprint density at radius 3 is 2.90 bits per heavy atom. The molecule has 0 aliphatic carbocycles. The van der Waals surface area contributed by atoms with Crippen molar-refractivity contribution < 1.29 is 9.47 Å². The lowest BCUT2D eigenvalue weighted by molar-refractivity contribution is 0.221. The lowest BCUT2D eigenvalue weighted by atomic mass is 10.1. The fourth-order valence-electron chi connectivity index (χ4n) is 2.10. The first kappa shape index (κ1) is 13.9. The summed E-state index contributed by atoms with van der Waals surface area (Å²) in [7, 11) is 0. The molecule has 0 bridgehead atoms. The highest BCUT2D eigenvalue weighted by Gasteiger charge is 2.24. The molecule has 110 valence electrons. The van der Waals surface area contributed by atoms with Crippen LogP contribution in [0.2, 0.25) is 5.28 Å². The molecule has 7 heteroatoms. The maximum absolute atomic E-state index is 5.91. The molecule has 0 spiro atoms. The normalized spacial score (nSPS) is 16.5. The van der Waals surface area contributed by atoms with E-state index in [0.29, 0.717) is 12.6 Å². The third-order valence-corrected chi connectivity index (χ3v) is 3.10. The molecule has 3 rings (SSSR count). The smallest absolute Gasteiger partial charge is 0.322 e. The average Bonchev–Trinajstić information content (AvgIpc) is 2.81. The number of fused-ring (bicyclic) bond motifs is 1. The van der Waals surface area contributed by atoms with Gasteiger partial charge in [-0.15, -0.1) is 0 Å². The number of para-hydroxylation sites is 1. The summed E-state index contributed by atoms with van der Waals surface area (Å²) in [5, 5.41) is 3.29. The SMILES string of the molecule is CC(C)Oc1nc(Cl)nc(NC2COc3ccccc32)n1. The van der Waals surface area contributed by atoms with Crippen molar-refractivity contribution in [2.45, 2.75) is 26.0 Å². The van der Waals surface area contributed by atoms with Crippen LogP contribution in [0.15, 0.2) is 24.3 Å². The van der Waals surface area contributed by atoms with Gasteiger partial charge < -0.3 is 14.8 Å². The largest absolute Gasteiger partial charge is 0.491 e. The van der Waals surface area contributed by atoms with Gasteiger partial charge in [-0.2, -0.15) is 15.0 Å². The molecule has 1 atom stereocenters. The molecule has 1 aromatic heterocycles. The molecule has 6 nitrogen and oxygen atoms in total. The first-order valence-electron chi connectivity index (χ1n) is 6.68. The van der Waals surface area contributed by atoms with Crippen molar-refractivity contribution >= 4 is 17.5 Å². The van der Waals surface area contributed by atoms with Crippen LogP contribution in [-0.2, 0) is 0 Å². The summed E-state index contributed by atoms with van der Waals surface area (Å²) in [6.45, 7) is 4.31.